The van der Waals surface area contributed by atoms with Gasteiger partial charge in [0.05, 0.1) is 0 Å². The molecule has 0 fully saturated rings. The molecule has 0 aliphatic carbocycles. The van der Waals surface area contributed by atoms with Crippen LogP contribution in [0.15, 0.2) is 24.3 Å². The van der Waals surface area contributed by atoms with Gasteiger partial charge in [0.15, 0.2) is 9.84 Å². The summed E-state index contributed by atoms with van der Waals surface area (Å²) < 4.78 is 22.7. The lowest BCUT2D eigenvalue weighted by Crippen LogP contribution is -2.39. The minimum Gasteiger partial charge on any atom is -0.354 e. The highest BCUT2D eigenvalue weighted by molar-refractivity contribution is 7.92. The van der Waals surface area contributed by atoms with Crippen molar-refractivity contribution in [1.82, 2.24) is 10.2 Å². The molecule has 0 aromatic heterocycles. The Labute approximate surface area is 126 Å². The molecule has 0 spiro atoms. The number of carbonyl (C=O) groups is 1. The molecule has 5 nitrogen and oxygen atoms in total. The zero-order valence-electron chi connectivity index (χ0n) is 12.3. The molecule has 2 rings (SSSR count). The average Bonchev–Trinajstić information content (AvgIpc) is 2.46. The van der Waals surface area contributed by atoms with E-state index in [1.165, 1.54) is 11.1 Å². The standard InChI is InChI=1S/C15H22N2O3S/c1-2-21(19,20)12-15(18)16-8-10-17-9-7-13-5-3-4-6-14(13)11-17/h3-6H,2,7-12H2,1H3,(H,16,18). The summed E-state index contributed by atoms with van der Waals surface area (Å²) in [7, 11) is -3.24. The molecule has 0 saturated carbocycles. The molecule has 1 aromatic rings. The van der Waals surface area contributed by atoms with Gasteiger partial charge in [-0.3, -0.25) is 9.69 Å². The van der Waals surface area contributed by atoms with Gasteiger partial charge < -0.3 is 5.32 Å². The van der Waals surface area contributed by atoms with E-state index in [9.17, 15) is 13.2 Å². The molecular formula is C15H22N2O3S. The van der Waals surface area contributed by atoms with E-state index in [0.29, 0.717) is 6.54 Å². The maximum atomic E-state index is 11.5. The van der Waals surface area contributed by atoms with Crippen LogP contribution in [0.5, 0.6) is 0 Å². The van der Waals surface area contributed by atoms with Crippen molar-refractivity contribution in [3.8, 4) is 0 Å². The van der Waals surface area contributed by atoms with Crippen molar-refractivity contribution in [2.45, 2.75) is 19.9 Å². The van der Waals surface area contributed by atoms with Gasteiger partial charge in [-0.25, -0.2) is 8.42 Å². The monoisotopic (exact) mass is 310 g/mol. The van der Waals surface area contributed by atoms with Crippen molar-refractivity contribution in [3.63, 3.8) is 0 Å². The van der Waals surface area contributed by atoms with Crippen molar-refractivity contribution < 1.29 is 13.2 Å². The maximum Gasteiger partial charge on any atom is 0.235 e. The maximum absolute atomic E-state index is 11.5. The molecular weight excluding hydrogens is 288 g/mol. The number of hydrogen-bond donors (Lipinski definition) is 1. The molecule has 116 valence electrons. The zero-order valence-corrected chi connectivity index (χ0v) is 13.2. The average molecular weight is 310 g/mol. The summed E-state index contributed by atoms with van der Waals surface area (Å²) in [6, 6.07) is 8.39. The van der Waals surface area contributed by atoms with E-state index in [-0.39, 0.29) is 5.75 Å². The highest BCUT2D eigenvalue weighted by atomic mass is 32.2. The highest BCUT2D eigenvalue weighted by Gasteiger charge is 2.17. The molecule has 1 aliphatic heterocycles. The Morgan fingerprint density at radius 2 is 2.00 bits per heavy atom. The van der Waals surface area contributed by atoms with Gasteiger partial charge in [0.1, 0.15) is 5.75 Å². The predicted molar refractivity (Wildman–Crippen MR) is 82.8 cm³/mol. The first-order chi connectivity index (χ1) is 10.00. The number of fused-ring (bicyclic) bond motifs is 1. The summed E-state index contributed by atoms with van der Waals surface area (Å²) in [5.41, 5.74) is 2.73. The van der Waals surface area contributed by atoms with E-state index >= 15 is 0 Å². The largest absolute Gasteiger partial charge is 0.354 e. The number of sulfone groups is 1. The van der Waals surface area contributed by atoms with E-state index < -0.39 is 21.5 Å². The lowest BCUT2D eigenvalue weighted by molar-refractivity contribution is -0.118. The van der Waals surface area contributed by atoms with Gasteiger partial charge in [-0.15, -0.1) is 0 Å². The summed E-state index contributed by atoms with van der Waals surface area (Å²) in [4.78, 5) is 13.8. The van der Waals surface area contributed by atoms with Crippen LogP contribution in [0.3, 0.4) is 0 Å². The van der Waals surface area contributed by atoms with Gasteiger partial charge in [-0.1, -0.05) is 31.2 Å². The van der Waals surface area contributed by atoms with Gasteiger partial charge >= 0.3 is 0 Å². The predicted octanol–water partition coefficient (Wildman–Crippen LogP) is 0.596. The van der Waals surface area contributed by atoms with Crippen molar-refractivity contribution in [2.24, 2.45) is 0 Å². The molecule has 21 heavy (non-hydrogen) atoms. The molecule has 1 aliphatic rings. The fourth-order valence-corrected chi connectivity index (χ4v) is 3.16. The number of amides is 1. The molecule has 0 atom stereocenters. The summed E-state index contributed by atoms with van der Waals surface area (Å²) >= 11 is 0. The number of rotatable bonds is 6. The third kappa shape index (κ3) is 4.82. The topological polar surface area (TPSA) is 66.5 Å². The quantitative estimate of drug-likeness (QED) is 0.835. The molecule has 1 aromatic carbocycles. The lowest BCUT2D eigenvalue weighted by atomic mass is 10.00. The third-order valence-corrected chi connectivity index (χ3v) is 5.33. The molecule has 1 amide bonds. The first-order valence-electron chi connectivity index (χ1n) is 7.26. The van der Waals surface area contributed by atoms with Crippen molar-refractivity contribution >= 4 is 15.7 Å². The Kier molecular flexibility index (Phi) is 5.36. The molecule has 0 radical (unpaired) electrons. The van der Waals surface area contributed by atoms with Crippen LogP contribution in [0.25, 0.3) is 0 Å². The normalized spacial score (nSPS) is 15.5. The molecule has 1 N–H and O–H groups in total. The van der Waals surface area contributed by atoms with E-state index in [2.05, 4.69) is 28.4 Å². The van der Waals surface area contributed by atoms with Crippen LogP contribution >= 0.6 is 0 Å². The van der Waals surface area contributed by atoms with E-state index in [0.717, 1.165) is 26.1 Å². The number of carbonyl (C=O) groups excluding carboxylic acids is 1. The fraction of sp³-hybridized carbons (Fsp3) is 0.533. The van der Waals surface area contributed by atoms with Crippen LogP contribution in [-0.2, 0) is 27.6 Å². The highest BCUT2D eigenvalue weighted by Crippen LogP contribution is 2.17. The second kappa shape index (κ2) is 7.04. The van der Waals surface area contributed by atoms with E-state index in [4.69, 9.17) is 0 Å². The molecule has 0 saturated heterocycles. The van der Waals surface area contributed by atoms with Crippen LogP contribution in [0, 0.1) is 0 Å². The van der Waals surface area contributed by atoms with Crippen molar-refractivity contribution in [2.75, 3.05) is 31.1 Å². The van der Waals surface area contributed by atoms with Crippen LogP contribution in [0.2, 0.25) is 0 Å². The fourth-order valence-electron chi connectivity index (χ4n) is 2.45. The van der Waals surface area contributed by atoms with Crippen LogP contribution < -0.4 is 5.32 Å². The Morgan fingerprint density at radius 1 is 1.29 bits per heavy atom. The lowest BCUT2D eigenvalue weighted by Gasteiger charge is -2.28. The molecule has 0 unspecified atom stereocenters. The molecule has 6 heteroatoms. The Morgan fingerprint density at radius 3 is 2.71 bits per heavy atom. The summed E-state index contributed by atoms with van der Waals surface area (Å²) in [5.74, 6) is -0.815. The minimum absolute atomic E-state index is 0.00330. The minimum atomic E-state index is -3.24. The summed E-state index contributed by atoms with van der Waals surface area (Å²) in [6.07, 6.45) is 1.02. The van der Waals surface area contributed by atoms with E-state index in [1.807, 2.05) is 6.07 Å². The second-order valence-electron chi connectivity index (χ2n) is 5.32. The van der Waals surface area contributed by atoms with Crippen LogP contribution in [0.1, 0.15) is 18.1 Å². The van der Waals surface area contributed by atoms with Crippen molar-refractivity contribution in [1.29, 1.82) is 0 Å². The SMILES string of the molecule is CCS(=O)(=O)CC(=O)NCCN1CCc2ccccc2C1. The van der Waals surface area contributed by atoms with Crippen molar-refractivity contribution in [3.05, 3.63) is 35.4 Å². The third-order valence-electron chi connectivity index (χ3n) is 3.75. The number of benzene rings is 1. The van der Waals surface area contributed by atoms with E-state index in [1.54, 1.807) is 6.92 Å². The molecule has 0 bridgehead atoms. The summed E-state index contributed by atoms with van der Waals surface area (Å²) in [6.45, 7) is 4.64. The van der Waals surface area contributed by atoms with Gasteiger partial charge in [-0.05, 0) is 17.5 Å². The Hall–Kier alpha value is -1.40. The zero-order chi connectivity index (χ0) is 15.3. The first kappa shape index (κ1) is 16.0. The second-order valence-corrected chi connectivity index (χ2v) is 7.67. The number of nitrogens with one attached hydrogen (secondary N) is 1. The number of nitrogens with zero attached hydrogens (tertiary/aromatic N) is 1. The smallest absolute Gasteiger partial charge is 0.235 e. The van der Waals surface area contributed by atoms with Gasteiger partial charge in [0.25, 0.3) is 0 Å². The van der Waals surface area contributed by atoms with Crippen LogP contribution in [-0.4, -0.2) is 50.4 Å². The van der Waals surface area contributed by atoms with Crippen LogP contribution in [0.4, 0.5) is 0 Å². The Bertz CT molecular complexity index is 599. The van der Waals surface area contributed by atoms with Gasteiger partial charge in [-0.2, -0.15) is 0 Å². The first-order valence-corrected chi connectivity index (χ1v) is 9.08. The van der Waals surface area contributed by atoms with Gasteiger partial charge in [0, 0.05) is 31.9 Å². The summed E-state index contributed by atoms with van der Waals surface area (Å²) in [5, 5.41) is 2.68. The number of hydrogen-bond acceptors (Lipinski definition) is 4. The van der Waals surface area contributed by atoms with Gasteiger partial charge in [0.2, 0.25) is 5.91 Å². The Balaban J connectivity index is 1.74. The molecule has 1 heterocycles.